The predicted molar refractivity (Wildman–Crippen MR) is 120 cm³/mol. The van der Waals surface area contributed by atoms with Crippen molar-refractivity contribution in [1.82, 2.24) is 15.4 Å². The third-order valence-electron chi connectivity index (χ3n) is 5.02. The van der Waals surface area contributed by atoms with Gasteiger partial charge < -0.3 is 10.1 Å². The zero-order valence-electron chi connectivity index (χ0n) is 17.2. The zero-order chi connectivity index (χ0) is 22.5. The summed E-state index contributed by atoms with van der Waals surface area (Å²) in [5.74, 6) is -0.456. The van der Waals surface area contributed by atoms with Gasteiger partial charge in [0.15, 0.2) is 5.75 Å². The number of anilines is 1. The van der Waals surface area contributed by atoms with Crippen molar-refractivity contribution < 1.29 is 14.7 Å². The Balaban J connectivity index is 1.75. The number of nitrogens with zero attached hydrogens (tertiary/aromatic N) is 3. The maximum absolute atomic E-state index is 12.4. The number of nitrogens with one attached hydrogen (secondary N) is 2. The lowest BCUT2D eigenvalue weighted by molar-refractivity contribution is 0.0705. The molecule has 4 rings (SSSR count). The maximum Gasteiger partial charge on any atom is 0.279 e. The summed E-state index contributed by atoms with van der Waals surface area (Å²) in [6, 6.07) is 19.2. The Bertz CT molecular complexity index is 1310. The fraction of sp³-hybridized carbons (Fsp3) is 0.0833. The highest BCUT2D eigenvalue weighted by Gasteiger charge is 2.22. The van der Waals surface area contributed by atoms with Crippen LogP contribution >= 0.6 is 0 Å². The first kappa shape index (κ1) is 20.8. The lowest BCUT2D eigenvalue weighted by atomic mass is 9.99. The van der Waals surface area contributed by atoms with E-state index in [1.807, 2.05) is 54.6 Å². The summed E-state index contributed by atoms with van der Waals surface area (Å²) in [6.07, 6.45) is 3.10. The molecule has 0 saturated heterocycles. The van der Waals surface area contributed by atoms with Crippen molar-refractivity contribution in [3.05, 3.63) is 72.6 Å². The number of carbonyl (C=O) groups is 1. The van der Waals surface area contributed by atoms with E-state index >= 15 is 0 Å². The minimum absolute atomic E-state index is 0.160. The summed E-state index contributed by atoms with van der Waals surface area (Å²) in [7, 11) is 1.45. The maximum atomic E-state index is 12.4. The molecule has 8 heteroatoms. The van der Waals surface area contributed by atoms with Crippen LogP contribution in [0.15, 0.2) is 67.0 Å². The third-order valence-corrected chi connectivity index (χ3v) is 5.02. The Labute approximate surface area is 184 Å². The minimum atomic E-state index is -0.704. The van der Waals surface area contributed by atoms with Crippen molar-refractivity contribution in [3.8, 4) is 34.2 Å². The van der Waals surface area contributed by atoms with E-state index in [1.54, 1.807) is 17.7 Å². The van der Waals surface area contributed by atoms with Crippen molar-refractivity contribution in [3.63, 3.8) is 0 Å². The number of fused-ring (bicyclic) bond motifs is 1. The molecule has 0 bridgehead atoms. The lowest BCUT2D eigenvalue weighted by Gasteiger charge is -2.15. The highest BCUT2D eigenvalue weighted by molar-refractivity contribution is 6.09. The smallest absolute Gasteiger partial charge is 0.279 e. The first-order chi connectivity index (χ1) is 15.7. The van der Waals surface area contributed by atoms with Gasteiger partial charge >= 0.3 is 0 Å². The van der Waals surface area contributed by atoms with Crippen LogP contribution in [0.4, 0.5) is 5.69 Å². The number of benzene rings is 2. The molecule has 4 aromatic rings. The van der Waals surface area contributed by atoms with Gasteiger partial charge in [0.25, 0.3) is 5.91 Å². The van der Waals surface area contributed by atoms with Gasteiger partial charge in [-0.3, -0.25) is 15.0 Å². The monoisotopic (exact) mass is 425 g/mol. The van der Waals surface area contributed by atoms with Gasteiger partial charge in [-0.05, 0) is 29.3 Å². The predicted octanol–water partition coefficient (Wildman–Crippen LogP) is 4.03. The number of methoxy groups -OCH3 is 1. The molecule has 0 radical (unpaired) electrons. The highest BCUT2D eigenvalue weighted by Crippen LogP contribution is 2.36. The molecule has 2 aromatic heterocycles. The van der Waals surface area contributed by atoms with Gasteiger partial charge in [0, 0.05) is 29.0 Å². The first-order valence-electron chi connectivity index (χ1n) is 9.74. The van der Waals surface area contributed by atoms with E-state index in [0.717, 1.165) is 22.4 Å². The van der Waals surface area contributed by atoms with Crippen LogP contribution in [0.25, 0.3) is 33.3 Å². The average molecular weight is 425 g/mol. The lowest BCUT2D eigenvalue weighted by Crippen LogP contribution is -2.20. The quantitative estimate of drug-likeness (QED) is 0.242. The van der Waals surface area contributed by atoms with Crippen LogP contribution in [-0.4, -0.2) is 34.7 Å². The molecule has 32 heavy (non-hydrogen) atoms. The van der Waals surface area contributed by atoms with Gasteiger partial charge in [0.05, 0.1) is 24.3 Å². The SMILES string of the molecule is COc1c(-c2ccc(-c3ccc(NCC#N)cc3)cc2)nc2ccncc2c1C(=O)NO. The molecule has 0 aliphatic rings. The number of hydrogen-bond acceptors (Lipinski definition) is 7. The average Bonchev–Trinajstić information content (AvgIpc) is 2.86. The van der Waals surface area contributed by atoms with E-state index < -0.39 is 5.91 Å². The molecule has 8 nitrogen and oxygen atoms in total. The van der Waals surface area contributed by atoms with Crippen LogP contribution < -0.4 is 15.5 Å². The summed E-state index contributed by atoms with van der Waals surface area (Å²) < 4.78 is 5.53. The normalized spacial score (nSPS) is 10.4. The van der Waals surface area contributed by atoms with Gasteiger partial charge in [-0.2, -0.15) is 5.26 Å². The topological polar surface area (TPSA) is 120 Å². The van der Waals surface area contributed by atoms with E-state index in [2.05, 4.69) is 15.3 Å². The number of pyridine rings is 2. The second-order valence-corrected chi connectivity index (χ2v) is 6.87. The molecular formula is C24H19N5O3. The Kier molecular flexibility index (Phi) is 5.92. The van der Waals surface area contributed by atoms with E-state index in [0.29, 0.717) is 16.6 Å². The van der Waals surface area contributed by atoms with Crippen LogP contribution in [0.3, 0.4) is 0 Å². The summed E-state index contributed by atoms with van der Waals surface area (Å²) in [6.45, 7) is 0.251. The number of carbonyl (C=O) groups excluding carboxylic acids is 1. The second-order valence-electron chi connectivity index (χ2n) is 6.87. The Morgan fingerprint density at radius 3 is 2.34 bits per heavy atom. The van der Waals surface area contributed by atoms with Gasteiger partial charge in [-0.1, -0.05) is 36.4 Å². The highest BCUT2D eigenvalue weighted by atomic mass is 16.5. The van der Waals surface area contributed by atoms with E-state index in [9.17, 15) is 10.0 Å². The molecule has 0 fully saturated rings. The molecule has 0 spiro atoms. The fourth-order valence-corrected chi connectivity index (χ4v) is 3.51. The second kappa shape index (κ2) is 9.12. The van der Waals surface area contributed by atoms with E-state index in [4.69, 9.17) is 10.00 Å². The first-order valence-corrected chi connectivity index (χ1v) is 9.74. The molecular weight excluding hydrogens is 406 g/mol. The van der Waals surface area contributed by atoms with Crippen molar-refractivity contribution in [2.24, 2.45) is 0 Å². The third kappa shape index (κ3) is 3.93. The molecule has 0 aliphatic heterocycles. The largest absolute Gasteiger partial charge is 0.494 e. The zero-order valence-corrected chi connectivity index (χ0v) is 17.2. The molecule has 2 aromatic carbocycles. The number of amides is 1. The molecule has 0 unspecified atom stereocenters. The molecule has 0 aliphatic carbocycles. The Hall–Kier alpha value is -4.48. The summed E-state index contributed by atoms with van der Waals surface area (Å²) in [5, 5.41) is 21.4. The van der Waals surface area contributed by atoms with Gasteiger partial charge in [-0.25, -0.2) is 10.5 Å². The molecule has 0 saturated carbocycles. The molecule has 2 heterocycles. The van der Waals surface area contributed by atoms with Gasteiger partial charge in [0.2, 0.25) is 0 Å². The minimum Gasteiger partial charge on any atom is -0.494 e. The summed E-state index contributed by atoms with van der Waals surface area (Å²) in [5.41, 5.74) is 6.52. The number of hydrogen-bond donors (Lipinski definition) is 3. The van der Waals surface area contributed by atoms with Crippen molar-refractivity contribution in [2.75, 3.05) is 19.0 Å². The summed E-state index contributed by atoms with van der Waals surface area (Å²) >= 11 is 0. The van der Waals surface area contributed by atoms with Gasteiger partial charge in [0.1, 0.15) is 12.2 Å². The molecule has 3 N–H and O–H groups in total. The van der Waals surface area contributed by atoms with E-state index in [1.165, 1.54) is 13.3 Å². The number of rotatable bonds is 6. The van der Waals surface area contributed by atoms with Gasteiger partial charge in [-0.15, -0.1) is 0 Å². The van der Waals surface area contributed by atoms with Crippen molar-refractivity contribution in [1.29, 1.82) is 5.26 Å². The standard InChI is InChI=1S/C24H19N5O3/c1-32-23-21(24(30)29-31)19-14-26-12-10-20(19)28-22(23)17-4-2-15(3-5-17)16-6-8-18(9-7-16)27-13-11-25/h2-10,12,14,27,31H,13H2,1H3,(H,29,30). The van der Waals surface area contributed by atoms with Crippen LogP contribution in [0, 0.1) is 11.3 Å². The van der Waals surface area contributed by atoms with Crippen LogP contribution in [0.1, 0.15) is 10.4 Å². The number of aromatic nitrogens is 2. The van der Waals surface area contributed by atoms with Crippen LogP contribution in [0.2, 0.25) is 0 Å². The van der Waals surface area contributed by atoms with Crippen molar-refractivity contribution >= 4 is 22.5 Å². The number of ether oxygens (including phenoxy) is 1. The molecule has 1 amide bonds. The number of nitriles is 1. The van der Waals surface area contributed by atoms with Crippen molar-refractivity contribution in [2.45, 2.75) is 0 Å². The Morgan fingerprint density at radius 2 is 1.72 bits per heavy atom. The van der Waals surface area contributed by atoms with E-state index in [-0.39, 0.29) is 17.9 Å². The molecule has 0 atom stereocenters. The van der Waals surface area contributed by atoms with Crippen LogP contribution in [0.5, 0.6) is 5.75 Å². The summed E-state index contributed by atoms with van der Waals surface area (Å²) in [4.78, 5) is 21.1. The Morgan fingerprint density at radius 1 is 1.06 bits per heavy atom. The molecule has 158 valence electrons. The van der Waals surface area contributed by atoms with Crippen LogP contribution in [-0.2, 0) is 0 Å². The fourth-order valence-electron chi connectivity index (χ4n) is 3.51. The number of hydroxylamine groups is 1.